The van der Waals surface area contributed by atoms with Crippen LogP contribution in [-0.4, -0.2) is 32.2 Å². The fourth-order valence-electron chi connectivity index (χ4n) is 3.39. The van der Waals surface area contributed by atoms with E-state index in [0.717, 1.165) is 17.1 Å². The summed E-state index contributed by atoms with van der Waals surface area (Å²) < 4.78 is 24.1. The quantitative estimate of drug-likeness (QED) is 0.223. The maximum atomic E-state index is 13.4. The second-order valence-corrected chi connectivity index (χ2v) is 11.1. The molecule has 5 heteroatoms. The first-order chi connectivity index (χ1) is 17.1. The van der Waals surface area contributed by atoms with Crippen LogP contribution in [0.3, 0.4) is 0 Å². The van der Waals surface area contributed by atoms with Crippen LogP contribution in [0.15, 0.2) is 36.4 Å². The predicted octanol–water partition coefficient (Wildman–Crippen LogP) is 7.64. The highest BCUT2D eigenvalue weighted by atomic mass is 16.5. The lowest BCUT2D eigenvalue weighted by Gasteiger charge is -2.18. The fraction of sp³-hybridized carbons (Fsp3) is 0.581. The minimum atomic E-state index is 0.0204. The average Bonchev–Trinajstić information content (AvgIpc) is 2.82. The van der Waals surface area contributed by atoms with E-state index in [9.17, 15) is 4.79 Å². The number of carbonyl (C=O) groups excluding carboxylic acids is 1. The molecule has 2 rings (SSSR count). The lowest BCUT2D eigenvalue weighted by Crippen LogP contribution is -2.13. The molecule has 0 bridgehead atoms. The molecule has 0 aliphatic heterocycles. The second-order valence-electron chi connectivity index (χ2n) is 11.1. The Kier molecular flexibility index (Phi) is 12.1. The van der Waals surface area contributed by atoms with Crippen LogP contribution in [0.5, 0.6) is 23.0 Å². The van der Waals surface area contributed by atoms with Crippen molar-refractivity contribution in [2.45, 2.75) is 68.2 Å². The summed E-state index contributed by atoms with van der Waals surface area (Å²) in [6.45, 7) is 19.2. The number of rotatable bonds is 16. The standard InChI is InChI=1S/C31H46O5/c1-21(2)17-33-26-13-15-29(34-18-22(3)4)25(16-26)12-14-28(32)27-10-9-11-30(35-19-23(5)6)31(27)36-20-24(7)8/h9-11,13,15-16,21-24H,12,14,17-20H2,1-8H3. The summed E-state index contributed by atoms with van der Waals surface area (Å²) in [5.74, 6) is 4.34. The van der Waals surface area contributed by atoms with Gasteiger partial charge in [-0.1, -0.05) is 61.5 Å². The zero-order valence-corrected chi connectivity index (χ0v) is 23.6. The van der Waals surface area contributed by atoms with E-state index in [2.05, 4.69) is 55.4 Å². The fourth-order valence-corrected chi connectivity index (χ4v) is 3.39. The molecule has 2 aromatic rings. The molecule has 0 fully saturated rings. The van der Waals surface area contributed by atoms with Gasteiger partial charge in [-0.2, -0.15) is 0 Å². The maximum absolute atomic E-state index is 13.4. The molecule has 0 aliphatic rings. The molecule has 200 valence electrons. The molecule has 5 nitrogen and oxygen atoms in total. The van der Waals surface area contributed by atoms with Crippen LogP contribution in [0.1, 0.15) is 77.7 Å². The maximum Gasteiger partial charge on any atom is 0.171 e. The Morgan fingerprint density at radius 1 is 0.667 bits per heavy atom. The molecule has 0 radical (unpaired) electrons. The first-order valence-corrected chi connectivity index (χ1v) is 13.4. The third-order valence-corrected chi connectivity index (χ3v) is 5.22. The number of aryl methyl sites for hydroxylation is 1. The van der Waals surface area contributed by atoms with Gasteiger partial charge in [-0.05, 0) is 66.0 Å². The van der Waals surface area contributed by atoms with Crippen molar-refractivity contribution in [2.75, 3.05) is 26.4 Å². The third kappa shape index (κ3) is 10.1. The van der Waals surface area contributed by atoms with Crippen LogP contribution in [0.4, 0.5) is 0 Å². The molecule has 0 atom stereocenters. The zero-order valence-electron chi connectivity index (χ0n) is 23.6. The lowest BCUT2D eigenvalue weighted by atomic mass is 10.0. The molecule has 0 N–H and O–H groups in total. The number of hydrogen-bond acceptors (Lipinski definition) is 5. The molecular weight excluding hydrogens is 452 g/mol. The van der Waals surface area contributed by atoms with Gasteiger partial charge in [0.25, 0.3) is 0 Å². The first kappa shape index (κ1) is 29.5. The van der Waals surface area contributed by atoms with Crippen molar-refractivity contribution >= 4 is 5.78 Å². The van der Waals surface area contributed by atoms with Gasteiger partial charge in [0.2, 0.25) is 0 Å². The Bertz CT molecular complexity index is 946. The molecule has 0 saturated carbocycles. The summed E-state index contributed by atoms with van der Waals surface area (Å²) >= 11 is 0. The van der Waals surface area contributed by atoms with E-state index < -0.39 is 0 Å². The highest BCUT2D eigenvalue weighted by Gasteiger charge is 2.19. The Morgan fingerprint density at radius 2 is 1.22 bits per heavy atom. The van der Waals surface area contributed by atoms with Gasteiger partial charge in [-0.15, -0.1) is 0 Å². The molecule has 36 heavy (non-hydrogen) atoms. The summed E-state index contributed by atoms with van der Waals surface area (Å²) in [6, 6.07) is 11.5. The Hall–Kier alpha value is -2.69. The van der Waals surface area contributed by atoms with E-state index in [1.165, 1.54) is 0 Å². The van der Waals surface area contributed by atoms with Crippen molar-refractivity contribution in [3.63, 3.8) is 0 Å². The molecule has 0 aliphatic carbocycles. The average molecular weight is 499 g/mol. The number of ketones is 1. The molecule has 0 aromatic heterocycles. The van der Waals surface area contributed by atoms with E-state index in [0.29, 0.717) is 80.0 Å². The zero-order chi connectivity index (χ0) is 26.7. The van der Waals surface area contributed by atoms with Crippen molar-refractivity contribution in [1.82, 2.24) is 0 Å². The van der Waals surface area contributed by atoms with Crippen LogP contribution >= 0.6 is 0 Å². The van der Waals surface area contributed by atoms with E-state index in [1.54, 1.807) is 0 Å². The summed E-state index contributed by atoms with van der Waals surface area (Å²) in [5, 5.41) is 0. The normalized spacial score (nSPS) is 11.4. The first-order valence-electron chi connectivity index (χ1n) is 13.4. The van der Waals surface area contributed by atoms with Gasteiger partial charge >= 0.3 is 0 Å². The summed E-state index contributed by atoms with van der Waals surface area (Å²) in [4.78, 5) is 13.4. The summed E-state index contributed by atoms with van der Waals surface area (Å²) in [5.41, 5.74) is 1.54. The topological polar surface area (TPSA) is 54.0 Å². The van der Waals surface area contributed by atoms with Gasteiger partial charge in [0.1, 0.15) is 11.5 Å². The Balaban J connectivity index is 2.26. The Morgan fingerprint density at radius 3 is 1.83 bits per heavy atom. The minimum absolute atomic E-state index is 0.0204. The molecule has 0 unspecified atom stereocenters. The van der Waals surface area contributed by atoms with Gasteiger partial charge in [0, 0.05) is 6.42 Å². The van der Waals surface area contributed by atoms with Gasteiger partial charge in [-0.25, -0.2) is 0 Å². The molecular formula is C31H46O5. The highest BCUT2D eigenvalue weighted by Crippen LogP contribution is 2.34. The number of Topliss-reactive ketones (excluding diaryl/α,β-unsaturated/α-hetero) is 1. The summed E-state index contributed by atoms with van der Waals surface area (Å²) in [7, 11) is 0. The Labute approximate surface area is 218 Å². The van der Waals surface area contributed by atoms with Crippen LogP contribution in [0.25, 0.3) is 0 Å². The molecule has 0 amide bonds. The number of para-hydroxylation sites is 1. The molecule has 2 aromatic carbocycles. The van der Waals surface area contributed by atoms with Crippen molar-refractivity contribution in [3.05, 3.63) is 47.5 Å². The van der Waals surface area contributed by atoms with Gasteiger partial charge in [-0.3, -0.25) is 4.79 Å². The number of benzene rings is 2. The molecule has 0 spiro atoms. The van der Waals surface area contributed by atoms with Crippen LogP contribution in [-0.2, 0) is 6.42 Å². The van der Waals surface area contributed by atoms with Crippen molar-refractivity contribution in [3.8, 4) is 23.0 Å². The molecule has 0 heterocycles. The third-order valence-electron chi connectivity index (χ3n) is 5.22. The number of ether oxygens (including phenoxy) is 4. The summed E-state index contributed by atoms with van der Waals surface area (Å²) in [6.07, 6.45) is 0.878. The number of carbonyl (C=O) groups is 1. The van der Waals surface area contributed by atoms with Crippen LogP contribution in [0, 0.1) is 23.7 Å². The smallest absolute Gasteiger partial charge is 0.171 e. The van der Waals surface area contributed by atoms with Crippen molar-refractivity contribution < 1.29 is 23.7 Å². The van der Waals surface area contributed by atoms with Crippen molar-refractivity contribution in [1.29, 1.82) is 0 Å². The van der Waals surface area contributed by atoms with Crippen molar-refractivity contribution in [2.24, 2.45) is 23.7 Å². The van der Waals surface area contributed by atoms with Gasteiger partial charge in [0.05, 0.1) is 32.0 Å². The minimum Gasteiger partial charge on any atom is -0.493 e. The second kappa shape index (κ2) is 14.8. The van der Waals surface area contributed by atoms with Crippen LogP contribution in [0.2, 0.25) is 0 Å². The van der Waals surface area contributed by atoms with E-state index >= 15 is 0 Å². The lowest BCUT2D eigenvalue weighted by molar-refractivity contribution is 0.0976. The highest BCUT2D eigenvalue weighted by molar-refractivity contribution is 5.99. The molecule has 0 saturated heterocycles. The van der Waals surface area contributed by atoms with E-state index in [4.69, 9.17) is 18.9 Å². The van der Waals surface area contributed by atoms with Crippen LogP contribution < -0.4 is 18.9 Å². The predicted molar refractivity (Wildman–Crippen MR) is 147 cm³/mol. The monoisotopic (exact) mass is 498 g/mol. The van der Waals surface area contributed by atoms with E-state index in [-0.39, 0.29) is 5.78 Å². The number of hydrogen-bond donors (Lipinski definition) is 0. The SMILES string of the molecule is CC(C)COc1ccc(OCC(C)C)c(CCC(=O)c2cccc(OCC(C)C)c2OCC(C)C)c1. The van der Waals surface area contributed by atoms with Gasteiger partial charge < -0.3 is 18.9 Å². The van der Waals surface area contributed by atoms with E-state index in [1.807, 2.05) is 36.4 Å². The van der Waals surface area contributed by atoms with Gasteiger partial charge in [0.15, 0.2) is 17.3 Å². The largest absolute Gasteiger partial charge is 0.493 e.